The first kappa shape index (κ1) is 24.2. The molecule has 0 spiro atoms. The summed E-state index contributed by atoms with van der Waals surface area (Å²) >= 11 is 0. The van der Waals surface area contributed by atoms with Gasteiger partial charge in [0.15, 0.2) is 8.32 Å². The van der Waals surface area contributed by atoms with Crippen LogP contribution in [0.1, 0.15) is 119 Å². The molecule has 1 aromatic rings. The summed E-state index contributed by atoms with van der Waals surface area (Å²) < 4.78 is 7.02. The van der Waals surface area contributed by atoms with Crippen LogP contribution in [0.5, 0.6) is 0 Å². The van der Waals surface area contributed by atoms with Crippen molar-refractivity contribution in [2.24, 2.45) is 5.41 Å². The minimum Gasteiger partial charge on any atom is -0.478 e. The lowest BCUT2D eigenvalue weighted by molar-refractivity contribution is 0.0690. The van der Waals surface area contributed by atoms with Gasteiger partial charge < -0.3 is 9.53 Å². The normalized spacial score (nSPS) is 23.3. The van der Waals surface area contributed by atoms with Crippen LogP contribution in [0.4, 0.5) is 0 Å². The number of pyridine rings is 1. The van der Waals surface area contributed by atoms with Crippen LogP contribution in [-0.2, 0) is 10.8 Å². The summed E-state index contributed by atoms with van der Waals surface area (Å²) in [5.41, 5.74) is 4.34. The summed E-state index contributed by atoms with van der Waals surface area (Å²) in [6.07, 6.45) is 8.02. The van der Waals surface area contributed by atoms with Gasteiger partial charge in [-0.2, -0.15) is 0 Å². The molecular formula is C26H41NO3Si. The molecule has 0 aliphatic heterocycles. The molecule has 0 saturated carbocycles. The van der Waals surface area contributed by atoms with Gasteiger partial charge in [0, 0.05) is 17.2 Å². The van der Waals surface area contributed by atoms with Gasteiger partial charge in [-0.25, -0.2) is 4.79 Å². The molecule has 2 aliphatic rings. The van der Waals surface area contributed by atoms with Crippen molar-refractivity contribution in [1.82, 2.24) is 4.98 Å². The van der Waals surface area contributed by atoms with E-state index in [9.17, 15) is 9.90 Å². The van der Waals surface area contributed by atoms with Crippen LogP contribution >= 0.6 is 0 Å². The molecule has 0 radical (unpaired) electrons. The van der Waals surface area contributed by atoms with Crippen LogP contribution < -0.4 is 0 Å². The highest BCUT2D eigenvalue weighted by Crippen LogP contribution is 2.51. The zero-order chi connectivity index (χ0) is 23.4. The van der Waals surface area contributed by atoms with E-state index in [1.54, 1.807) is 0 Å². The average molecular weight is 444 g/mol. The van der Waals surface area contributed by atoms with E-state index in [4.69, 9.17) is 9.41 Å². The second-order valence-corrected chi connectivity index (χ2v) is 16.9. The van der Waals surface area contributed by atoms with Crippen molar-refractivity contribution in [3.8, 4) is 0 Å². The van der Waals surface area contributed by atoms with Crippen molar-refractivity contribution in [2.45, 2.75) is 110 Å². The van der Waals surface area contributed by atoms with Gasteiger partial charge in [0.2, 0.25) is 0 Å². The monoisotopic (exact) mass is 443 g/mol. The number of carbonyl (C=O) groups is 1. The highest BCUT2D eigenvalue weighted by molar-refractivity contribution is 6.74. The lowest BCUT2D eigenvalue weighted by Gasteiger charge is -2.45. The Balaban J connectivity index is 2.30. The fourth-order valence-corrected chi connectivity index (χ4v) is 6.11. The molecule has 2 atom stereocenters. The maximum Gasteiger partial charge on any atom is 0.337 e. The van der Waals surface area contributed by atoms with Gasteiger partial charge in [0.1, 0.15) is 0 Å². The number of hydrogen-bond acceptors (Lipinski definition) is 3. The smallest absolute Gasteiger partial charge is 0.337 e. The Labute approximate surface area is 189 Å². The molecule has 0 aromatic carbocycles. The molecule has 0 saturated heterocycles. The van der Waals surface area contributed by atoms with Crippen LogP contribution in [0.2, 0.25) is 18.1 Å². The van der Waals surface area contributed by atoms with E-state index in [2.05, 4.69) is 59.9 Å². The van der Waals surface area contributed by atoms with Crippen LogP contribution in [0, 0.1) is 5.41 Å². The van der Waals surface area contributed by atoms with Gasteiger partial charge >= 0.3 is 5.97 Å². The fraction of sp³-hybridized carbons (Fsp3) is 0.692. The third-order valence-electron chi connectivity index (χ3n) is 7.48. The topological polar surface area (TPSA) is 59.4 Å². The van der Waals surface area contributed by atoms with Gasteiger partial charge in [-0.3, -0.25) is 4.98 Å². The summed E-state index contributed by atoms with van der Waals surface area (Å²) in [5, 5.41) is 10.4. The van der Waals surface area contributed by atoms with Crippen molar-refractivity contribution >= 4 is 14.3 Å². The summed E-state index contributed by atoms with van der Waals surface area (Å²) in [6.45, 7) is 20.0. The molecule has 1 aromatic heterocycles. The van der Waals surface area contributed by atoms with Crippen molar-refractivity contribution < 1.29 is 14.3 Å². The van der Waals surface area contributed by atoms with Crippen LogP contribution in [0.25, 0.3) is 0 Å². The van der Waals surface area contributed by atoms with E-state index in [-0.39, 0.29) is 28.4 Å². The molecule has 0 amide bonds. The van der Waals surface area contributed by atoms with Crippen molar-refractivity contribution in [1.29, 1.82) is 0 Å². The van der Waals surface area contributed by atoms with E-state index in [0.717, 1.165) is 48.2 Å². The SMILES string of the molecule is CC(C)c1nc2c(c(C3C=CCC3)c1C(=O)O)C(O[Si](C)(C)C(C)(C)C)CC(C)(C)C2. The van der Waals surface area contributed by atoms with Gasteiger partial charge in [-0.1, -0.05) is 60.6 Å². The highest BCUT2D eigenvalue weighted by Gasteiger charge is 2.45. The highest BCUT2D eigenvalue weighted by atomic mass is 28.4. The summed E-state index contributed by atoms with van der Waals surface area (Å²) in [7, 11) is -2.06. The molecule has 31 heavy (non-hydrogen) atoms. The molecule has 2 aliphatic carbocycles. The lowest BCUT2D eigenvalue weighted by atomic mass is 9.71. The number of hydrogen-bond donors (Lipinski definition) is 1. The number of nitrogens with zero attached hydrogens (tertiary/aromatic N) is 1. The molecule has 0 bridgehead atoms. The molecule has 4 nitrogen and oxygen atoms in total. The second-order valence-electron chi connectivity index (χ2n) is 12.1. The molecule has 172 valence electrons. The Morgan fingerprint density at radius 3 is 2.39 bits per heavy atom. The van der Waals surface area contributed by atoms with E-state index in [0.29, 0.717) is 5.56 Å². The molecule has 0 fully saturated rings. The van der Waals surface area contributed by atoms with Gasteiger partial charge in [-0.15, -0.1) is 0 Å². The number of rotatable bonds is 5. The number of fused-ring (bicyclic) bond motifs is 1. The molecule has 3 rings (SSSR count). The van der Waals surface area contributed by atoms with Crippen LogP contribution in [-0.4, -0.2) is 24.4 Å². The van der Waals surface area contributed by atoms with E-state index < -0.39 is 14.3 Å². The minimum atomic E-state index is -2.06. The molecule has 2 unspecified atom stereocenters. The van der Waals surface area contributed by atoms with E-state index in [1.807, 2.05) is 13.8 Å². The molecule has 5 heteroatoms. The number of aromatic carboxylic acids is 1. The summed E-state index contributed by atoms with van der Waals surface area (Å²) in [5.74, 6) is -0.664. The van der Waals surface area contributed by atoms with Gasteiger partial charge in [0.25, 0.3) is 0 Å². The van der Waals surface area contributed by atoms with Gasteiger partial charge in [-0.05, 0) is 60.7 Å². The standard InChI is InChI=1S/C26H41NO3Si/c1-16(2)23-22(24(28)29)20(17-12-10-11-13-17)21-18(27-23)14-26(6,7)15-19(21)30-31(8,9)25(3,4)5/h10,12,16-17,19H,11,13-15H2,1-9H3,(H,28,29). The Kier molecular flexibility index (Phi) is 6.36. The first-order valence-corrected chi connectivity index (χ1v) is 14.7. The second kappa shape index (κ2) is 8.15. The minimum absolute atomic E-state index is 0.0605. The quantitative estimate of drug-likeness (QED) is 0.381. The Morgan fingerprint density at radius 2 is 1.90 bits per heavy atom. The fourth-order valence-electron chi connectivity index (χ4n) is 4.85. The zero-order valence-corrected chi connectivity index (χ0v) is 21.9. The summed E-state index contributed by atoms with van der Waals surface area (Å²) in [6, 6.07) is 0. The molecule has 1 heterocycles. The predicted molar refractivity (Wildman–Crippen MR) is 130 cm³/mol. The largest absolute Gasteiger partial charge is 0.478 e. The average Bonchev–Trinajstić information content (AvgIpc) is 3.11. The number of carboxylic acids is 1. The first-order valence-electron chi connectivity index (χ1n) is 11.8. The van der Waals surface area contributed by atoms with E-state index >= 15 is 0 Å². The summed E-state index contributed by atoms with van der Waals surface area (Å²) in [4.78, 5) is 17.6. The lowest BCUT2D eigenvalue weighted by Crippen LogP contribution is -2.44. The third kappa shape index (κ3) is 4.68. The van der Waals surface area contributed by atoms with Crippen molar-refractivity contribution in [3.63, 3.8) is 0 Å². The maximum atomic E-state index is 12.6. The van der Waals surface area contributed by atoms with Crippen LogP contribution in [0.3, 0.4) is 0 Å². The van der Waals surface area contributed by atoms with Crippen molar-refractivity contribution in [2.75, 3.05) is 0 Å². The predicted octanol–water partition coefficient (Wildman–Crippen LogP) is 7.37. The third-order valence-corrected chi connectivity index (χ3v) is 12.0. The number of carboxylic acid groups (broad SMARTS) is 1. The van der Waals surface area contributed by atoms with Gasteiger partial charge in [0.05, 0.1) is 17.4 Å². The van der Waals surface area contributed by atoms with Crippen molar-refractivity contribution in [3.05, 3.63) is 40.2 Å². The number of aromatic nitrogens is 1. The Morgan fingerprint density at radius 1 is 1.26 bits per heavy atom. The first-order chi connectivity index (χ1) is 14.1. The zero-order valence-electron chi connectivity index (χ0n) is 20.9. The maximum absolute atomic E-state index is 12.6. The van der Waals surface area contributed by atoms with Crippen LogP contribution in [0.15, 0.2) is 12.2 Å². The molecule has 1 N–H and O–H groups in total. The Hall–Kier alpha value is -1.46. The van der Waals surface area contributed by atoms with E-state index in [1.165, 1.54) is 0 Å². The molecular weight excluding hydrogens is 402 g/mol. The Bertz CT molecular complexity index is 893. The number of allylic oxidation sites excluding steroid dienone is 2.